The number of halogens is 2. The lowest BCUT2D eigenvalue weighted by molar-refractivity contribution is 0.343. The predicted octanol–water partition coefficient (Wildman–Crippen LogP) is 1.84. The zero-order chi connectivity index (χ0) is 10.6. The highest BCUT2D eigenvalue weighted by Gasteiger charge is 2.06. The van der Waals surface area contributed by atoms with Crippen molar-refractivity contribution < 1.29 is 13.9 Å². The first-order valence-electron chi connectivity index (χ1n) is 3.85. The van der Waals surface area contributed by atoms with Crippen LogP contribution in [0.15, 0.2) is 18.2 Å². The van der Waals surface area contributed by atoms with Crippen molar-refractivity contribution in [3.05, 3.63) is 41.0 Å². The van der Waals surface area contributed by atoms with Gasteiger partial charge in [0.15, 0.2) is 11.6 Å². The summed E-state index contributed by atoms with van der Waals surface area (Å²) in [5, 5.41) is 17.1. The second-order valence-electron chi connectivity index (χ2n) is 2.55. The van der Waals surface area contributed by atoms with Crippen molar-refractivity contribution in [2.24, 2.45) is 0 Å². The normalized spacial score (nSPS) is 10.4. The fourth-order valence-corrected chi connectivity index (χ4v) is 0.977. The molecule has 0 atom stereocenters. The van der Waals surface area contributed by atoms with Crippen LogP contribution >= 0.6 is 0 Å². The van der Waals surface area contributed by atoms with Gasteiger partial charge in [0.05, 0.1) is 18.2 Å². The van der Waals surface area contributed by atoms with Gasteiger partial charge in [-0.2, -0.15) is 5.26 Å². The summed E-state index contributed by atoms with van der Waals surface area (Å²) in [6.45, 7) is -0.218. The van der Waals surface area contributed by atoms with Crippen LogP contribution < -0.4 is 0 Å². The molecule has 0 saturated heterocycles. The zero-order valence-corrected chi connectivity index (χ0v) is 7.17. The molecule has 14 heavy (non-hydrogen) atoms. The van der Waals surface area contributed by atoms with E-state index in [0.717, 1.165) is 12.1 Å². The standard InChI is InChI=1S/C10H7F2NO/c11-9-4-7(2-1-3-14)8(6-13)5-10(9)12/h1-2,4-5,14H,3H2. The smallest absolute Gasteiger partial charge is 0.160 e. The Kier molecular flexibility index (Phi) is 3.32. The summed E-state index contributed by atoms with van der Waals surface area (Å²) in [5.74, 6) is -2.07. The Labute approximate surface area is 79.7 Å². The second-order valence-corrected chi connectivity index (χ2v) is 2.55. The predicted molar refractivity (Wildman–Crippen MR) is 47.2 cm³/mol. The van der Waals surface area contributed by atoms with E-state index in [2.05, 4.69) is 0 Å². The molecule has 1 rings (SSSR count). The van der Waals surface area contributed by atoms with Crippen LogP contribution in [0.4, 0.5) is 8.78 Å². The van der Waals surface area contributed by atoms with Gasteiger partial charge in [-0.3, -0.25) is 0 Å². The van der Waals surface area contributed by atoms with Gasteiger partial charge in [-0.05, 0) is 17.7 Å². The summed E-state index contributed by atoms with van der Waals surface area (Å²) >= 11 is 0. The van der Waals surface area contributed by atoms with E-state index >= 15 is 0 Å². The molecule has 1 N–H and O–H groups in total. The first kappa shape index (κ1) is 10.4. The molecule has 4 heteroatoms. The monoisotopic (exact) mass is 195 g/mol. The third kappa shape index (κ3) is 2.15. The molecule has 0 aliphatic heterocycles. The summed E-state index contributed by atoms with van der Waals surface area (Å²) in [6, 6.07) is 3.48. The molecule has 0 saturated carbocycles. The number of hydrogen-bond donors (Lipinski definition) is 1. The van der Waals surface area contributed by atoms with Crippen LogP contribution in [0.25, 0.3) is 6.08 Å². The van der Waals surface area contributed by atoms with Crippen molar-refractivity contribution >= 4 is 6.08 Å². The molecule has 1 aromatic rings. The quantitative estimate of drug-likeness (QED) is 0.782. The molecule has 0 fully saturated rings. The molecule has 0 aromatic heterocycles. The van der Waals surface area contributed by atoms with Gasteiger partial charge in [-0.1, -0.05) is 12.2 Å². The van der Waals surface area contributed by atoms with Crippen molar-refractivity contribution in [1.29, 1.82) is 5.26 Å². The Balaban J connectivity index is 3.22. The highest BCUT2D eigenvalue weighted by molar-refractivity contribution is 5.58. The number of aliphatic hydroxyl groups is 1. The lowest BCUT2D eigenvalue weighted by Crippen LogP contribution is -1.90. The van der Waals surface area contributed by atoms with E-state index in [1.807, 2.05) is 0 Å². The minimum Gasteiger partial charge on any atom is -0.392 e. The van der Waals surface area contributed by atoms with Gasteiger partial charge in [0, 0.05) is 0 Å². The van der Waals surface area contributed by atoms with Crippen LogP contribution in [0.5, 0.6) is 0 Å². The zero-order valence-electron chi connectivity index (χ0n) is 7.17. The summed E-state index contributed by atoms with van der Waals surface area (Å²) in [6.07, 6.45) is 2.70. The molecule has 0 bridgehead atoms. The number of hydrogen-bond acceptors (Lipinski definition) is 2. The molecule has 0 unspecified atom stereocenters. The van der Waals surface area contributed by atoms with Gasteiger partial charge >= 0.3 is 0 Å². The molecule has 0 spiro atoms. The molecule has 0 radical (unpaired) electrons. The molecule has 0 heterocycles. The highest BCUT2D eigenvalue weighted by Crippen LogP contribution is 2.15. The second kappa shape index (κ2) is 4.49. The van der Waals surface area contributed by atoms with E-state index < -0.39 is 11.6 Å². The van der Waals surface area contributed by atoms with Gasteiger partial charge in [0.25, 0.3) is 0 Å². The molecular weight excluding hydrogens is 188 g/mol. The van der Waals surface area contributed by atoms with E-state index in [4.69, 9.17) is 10.4 Å². The Morgan fingerprint density at radius 3 is 2.57 bits per heavy atom. The summed E-state index contributed by atoms with van der Waals surface area (Å²) in [5.41, 5.74) is 0.286. The summed E-state index contributed by atoms with van der Waals surface area (Å²) < 4.78 is 25.4. The van der Waals surface area contributed by atoms with Crippen LogP contribution in [0.2, 0.25) is 0 Å². The van der Waals surface area contributed by atoms with Crippen molar-refractivity contribution in [2.75, 3.05) is 6.61 Å². The summed E-state index contributed by atoms with van der Waals surface area (Å²) in [7, 11) is 0. The SMILES string of the molecule is N#Cc1cc(F)c(F)cc1C=CCO. The number of rotatable bonds is 2. The lowest BCUT2D eigenvalue weighted by Gasteiger charge is -1.98. The molecule has 0 aliphatic rings. The van der Waals surface area contributed by atoms with Gasteiger partial charge in [-0.15, -0.1) is 0 Å². The third-order valence-corrected chi connectivity index (χ3v) is 1.62. The largest absolute Gasteiger partial charge is 0.392 e. The van der Waals surface area contributed by atoms with Gasteiger partial charge in [0.1, 0.15) is 0 Å². The van der Waals surface area contributed by atoms with E-state index in [0.29, 0.717) is 0 Å². The van der Waals surface area contributed by atoms with Gasteiger partial charge in [0.2, 0.25) is 0 Å². The summed E-state index contributed by atoms with van der Waals surface area (Å²) in [4.78, 5) is 0. The first-order chi connectivity index (χ1) is 6.69. The number of benzene rings is 1. The third-order valence-electron chi connectivity index (χ3n) is 1.62. The molecule has 1 aromatic carbocycles. The lowest BCUT2D eigenvalue weighted by atomic mass is 10.1. The molecular formula is C10H7F2NO. The van der Waals surface area contributed by atoms with Gasteiger partial charge in [-0.25, -0.2) is 8.78 Å². The van der Waals surface area contributed by atoms with E-state index in [1.165, 1.54) is 12.2 Å². The fourth-order valence-electron chi connectivity index (χ4n) is 0.977. The minimum absolute atomic E-state index is 0.0357. The maximum Gasteiger partial charge on any atom is 0.160 e. The Hall–Kier alpha value is -1.73. The Bertz CT molecular complexity index is 407. The molecule has 0 aliphatic carbocycles. The average molecular weight is 195 g/mol. The van der Waals surface area contributed by atoms with Crippen molar-refractivity contribution in [3.8, 4) is 6.07 Å². The topological polar surface area (TPSA) is 44.0 Å². The first-order valence-corrected chi connectivity index (χ1v) is 3.85. The van der Waals surface area contributed by atoms with Crippen LogP contribution in [-0.4, -0.2) is 11.7 Å². The van der Waals surface area contributed by atoms with Gasteiger partial charge < -0.3 is 5.11 Å². The fraction of sp³-hybridized carbons (Fsp3) is 0.100. The molecule has 0 amide bonds. The number of nitriles is 1. The molecule has 2 nitrogen and oxygen atoms in total. The minimum atomic E-state index is -1.05. The van der Waals surface area contributed by atoms with Crippen LogP contribution in [0.1, 0.15) is 11.1 Å². The van der Waals surface area contributed by atoms with E-state index in [1.54, 1.807) is 6.07 Å². The highest BCUT2D eigenvalue weighted by atomic mass is 19.2. The molecule has 72 valence electrons. The Morgan fingerprint density at radius 1 is 1.36 bits per heavy atom. The van der Waals surface area contributed by atoms with Crippen LogP contribution in [-0.2, 0) is 0 Å². The van der Waals surface area contributed by atoms with E-state index in [-0.39, 0.29) is 17.7 Å². The number of aliphatic hydroxyl groups excluding tert-OH is 1. The van der Waals surface area contributed by atoms with Crippen LogP contribution in [0, 0.1) is 23.0 Å². The van der Waals surface area contributed by atoms with Crippen molar-refractivity contribution in [1.82, 2.24) is 0 Å². The maximum absolute atomic E-state index is 12.7. The average Bonchev–Trinajstić information content (AvgIpc) is 2.19. The Morgan fingerprint density at radius 2 is 2.00 bits per heavy atom. The van der Waals surface area contributed by atoms with Crippen LogP contribution in [0.3, 0.4) is 0 Å². The van der Waals surface area contributed by atoms with E-state index in [9.17, 15) is 8.78 Å². The maximum atomic E-state index is 12.7. The number of nitrogens with zero attached hydrogens (tertiary/aromatic N) is 1. The van der Waals surface area contributed by atoms with Crippen molar-refractivity contribution in [3.63, 3.8) is 0 Å². The van der Waals surface area contributed by atoms with Crippen molar-refractivity contribution in [2.45, 2.75) is 0 Å².